The summed E-state index contributed by atoms with van der Waals surface area (Å²) in [5.41, 5.74) is 8.28. The van der Waals surface area contributed by atoms with E-state index in [1.165, 1.54) is 18.4 Å². The summed E-state index contributed by atoms with van der Waals surface area (Å²) in [5, 5.41) is 0. The number of nitrogen functional groups attached to an aromatic ring is 1. The number of anilines is 1. The monoisotopic (exact) mass is 229 g/mol. The van der Waals surface area contributed by atoms with Gasteiger partial charge in [0.1, 0.15) is 0 Å². The molecular weight excluding hydrogens is 210 g/mol. The van der Waals surface area contributed by atoms with Crippen LogP contribution in [0.25, 0.3) is 11.0 Å². The van der Waals surface area contributed by atoms with Gasteiger partial charge in [-0.2, -0.15) is 0 Å². The summed E-state index contributed by atoms with van der Waals surface area (Å²) in [6.45, 7) is 4.66. The summed E-state index contributed by atoms with van der Waals surface area (Å²) >= 11 is 0. The second-order valence-electron chi connectivity index (χ2n) is 5.31. The van der Waals surface area contributed by atoms with Gasteiger partial charge in [0.2, 0.25) is 5.95 Å². The smallest absolute Gasteiger partial charge is 0.201 e. The molecule has 0 spiro atoms. The van der Waals surface area contributed by atoms with Gasteiger partial charge in [-0.05, 0) is 36.8 Å². The van der Waals surface area contributed by atoms with Gasteiger partial charge in [0, 0.05) is 6.04 Å². The van der Waals surface area contributed by atoms with E-state index in [-0.39, 0.29) is 0 Å². The third-order valence-electron chi connectivity index (χ3n) is 4.38. The summed E-state index contributed by atoms with van der Waals surface area (Å²) in [5.74, 6) is 2.12. The van der Waals surface area contributed by atoms with E-state index in [4.69, 9.17) is 5.73 Å². The molecule has 3 nitrogen and oxygen atoms in total. The average molecular weight is 229 g/mol. The Morgan fingerprint density at radius 1 is 1.24 bits per heavy atom. The van der Waals surface area contributed by atoms with Crippen molar-refractivity contribution in [3.63, 3.8) is 0 Å². The Hall–Kier alpha value is -1.51. The molecule has 2 N–H and O–H groups in total. The number of hydrogen-bond donors (Lipinski definition) is 1. The van der Waals surface area contributed by atoms with Crippen molar-refractivity contribution in [2.75, 3.05) is 5.73 Å². The highest BCUT2D eigenvalue weighted by Crippen LogP contribution is 2.42. The summed E-state index contributed by atoms with van der Waals surface area (Å²) in [4.78, 5) is 4.46. The number of rotatable bonds is 1. The van der Waals surface area contributed by atoms with Crippen molar-refractivity contribution in [3.05, 3.63) is 24.3 Å². The number of aromatic nitrogens is 2. The van der Waals surface area contributed by atoms with Gasteiger partial charge >= 0.3 is 0 Å². The maximum atomic E-state index is 6.09. The minimum absolute atomic E-state index is 0.511. The van der Waals surface area contributed by atoms with E-state index >= 15 is 0 Å². The lowest BCUT2D eigenvalue weighted by Crippen LogP contribution is -2.16. The van der Waals surface area contributed by atoms with Crippen molar-refractivity contribution < 1.29 is 0 Å². The number of nitrogens with two attached hydrogens (primary N) is 1. The first kappa shape index (κ1) is 10.6. The fourth-order valence-corrected chi connectivity index (χ4v) is 3.11. The molecule has 1 saturated carbocycles. The third-order valence-corrected chi connectivity index (χ3v) is 4.38. The molecule has 2 aromatic rings. The minimum Gasteiger partial charge on any atom is -0.369 e. The molecule has 1 fully saturated rings. The predicted molar refractivity (Wildman–Crippen MR) is 70.7 cm³/mol. The second-order valence-corrected chi connectivity index (χ2v) is 5.31. The summed E-state index contributed by atoms with van der Waals surface area (Å²) in [6, 6.07) is 8.74. The van der Waals surface area contributed by atoms with Gasteiger partial charge in [-0.25, -0.2) is 4.98 Å². The van der Waals surface area contributed by atoms with E-state index in [0.29, 0.717) is 17.9 Å². The van der Waals surface area contributed by atoms with E-state index in [0.717, 1.165) is 11.4 Å². The predicted octanol–water partition coefficient (Wildman–Crippen LogP) is 3.23. The van der Waals surface area contributed by atoms with Crippen LogP contribution in [0.1, 0.15) is 32.7 Å². The Labute approximate surface area is 102 Å². The number of fused-ring (bicyclic) bond motifs is 1. The van der Waals surface area contributed by atoms with Crippen molar-refractivity contribution in [3.8, 4) is 0 Å². The molecule has 0 bridgehead atoms. The van der Waals surface area contributed by atoms with Crippen molar-refractivity contribution in [1.82, 2.24) is 9.55 Å². The van der Waals surface area contributed by atoms with Crippen molar-refractivity contribution in [2.45, 2.75) is 32.7 Å². The number of para-hydroxylation sites is 2. The zero-order valence-corrected chi connectivity index (χ0v) is 10.4. The standard InChI is InChI=1S/C14H19N3/c1-9-7-8-12(10(9)2)17-13-6-4-3-5-11(13)16-14(17)15/h3-6,9-10,12H,7-8H2,1-2H3,(H2,15,16). The molecule has 3 rings (SSSR count). The van der Waals surface area contributed by atoms with Gasteiger partial charge in [0.05, 0.1) is 11.0 Å². The van der Waals surface area contributed by atoms with Gasteiger partial charge in [-0.15, -0.1) is 0 Å². The van der Waals surface area contributed by atoms with E-state index in [1.54, 1.807) is 0 Å². The Kier molecular flexibility index (Phi) is 2.35. The molecule has 0 amide bonds. The first-order chi connectivity index (χ1) is 8.18. The zero-order valence-electron chi connectivity index (χ0n) is 10.4. The molecule has 0 radical (unpaired) electrons. The van der Waals surface area contributed by atoms with Crippen LogP contribution in [0, 0.1) is 11.8 Å². The van der Waals surface area contributed by atoms with Gasteiger partial charge in [0.15, 0.2) is 0 Å². The minimum atomic E-state index is 0.511. The Morgan fingerprint density at radius 2 is 2.00 bits per heavy atom. The van der Waals surface area contributed by atoms with Crippen LogP contribution in [0.3, 0.4) is 0 Å². The normalized spacial score (nSPS) is 28.9. The summed E-state index contributed by atoms with van der Waals surface area (Å²) < 4.78 is 2.24. The molecule has 17 heavy (non-hydrogen) atoms. The van der Waals surface area contributed by atoms with Crippen LogP contribution in [0.2, 0.25) is 0 Å². The lowest BCUT2D eigenvalue weighted by atomic mass is 9.97. The Morgan fingerprint density at radius 3 is 2.71 bits per heavy atom. The first-order valence-corrected chi connectivity index (χ1v) is 6.41. The average Bonchev–Trinajstić information content (AvgIpc) is 2.80. The fourth-order valence-electron chi connectivity index (χ4n) is 3.11. The van der Waals surface area contributed by atoms with Gasteiger partial charge < -0.3 is 10.3 Å². The lowest BCUT2D eigenvalue weighted by molar-refractivity contribution is 0.361. The van der Waals surface area contributed by atoms with Gasteiger partial charge in [0.25, 0.3) is 0 Å². The maximum Gasteiger partial charge on any atom is 0.201 e. The summed E-state index contributed by atoms with van der Waals surface area (Å²) in [6.07, 6.45) is 2.50. The molecule has 0 saturated heterocycles. The largest absolute Gasteiger partial charge is 0.369 e. The Balaban J connectivity index is 2.14. The molecule has 1 aromatic carbocycles. The van der Waals surface area contributed by atoms with E-state index in [9.17, 15) is 0 Å². The molecule has 1 aromatic heterocycles. The summed E-state index contributed by atoms with van der Waals surface area (Å²) in [7, 11) is 0. The maximum absolute atomic E-state index is 6.09. The van der Waals surface area contributed by atoms with Crippen LogP contribution in [-0.2, 0) is 0 Å². The van der Waals surface area contributed by atoms with Crippen molar-refractivity contribution >= 4 is 17.0 Å². The van der Waals surface area contributed by atoms with Crippen molar-refractivity contribution in [1.29, 1.82) is 0 Å². The van der Waals surface area contributed by atoms with E-state index < -0.39 is 0 Å². The fraction of sp³-hybridized carbons (Fsp3) is 0.500. The van der Waals surface area contributed by atoms with E-state index in [2.05, 4.69) is 35.5 Å². The number of benzene rings is 1. The SMILES string of the molecule is CC1CCC(n2c(N)nc3ccccc32)C1C. The van der Waals surface area contributed by atoms with Crippen molar-refractivity contribution in [2.24, 2.45) is 11.8 Å². The molecule has 0 aliphatic heterocycles. The van der Waals surface area contributed by atoms with Crippen LogP contribution >= 0.6 is 0 Å². The first-order valence-electron chi connectivity index (χ1n) is 6.41. The van der Waals surface area contributed by atoms with Gasteiger partial charge in [-0.3, -0.25) is 0 Å². The van der Waals surface area contributed by atoms with E-state index in [1.807, 2.05) is 12.1 Å². The van der Waals surface area contributed by atoms with Gasteiger partial charge in [-0.1, -0.05) is 26.0 Å². The second kappa shape index (κ2) is 3.76. The molecule has 1 aliphatic carbocycles. The lowest BCUT2D eigenvalue weighted by Gasteiger charge is -2.21. The number of nitrogens with zero attached hydrogens (tertiary/aromatic N) is 2. The molecular formula is C14H19N3. The molecule has 3 heteroatoms. The molecule has 1 heterocycles. The quantitative estimate of drug-likeness (QED) is 0.816. The molecule has 1 aliphatic rings. The third kappa shape index (κ3) is 1.53. The topological polar surface area (TPSA) is 43.8 Å². The highest BCUT2D eigenvalue weighted by molar-refractivity contribution is 5.78. The van der Waals surface area contributed by atoms with Crippen LogP contribution < -0.4 is 5.73 Å². The molecule has 3 unspecified atom stereocenters. The highest BCUT2D eigenvalue weighted by atomic mass is 15.2. The Bertz CT molecular complexity index is 543. The van der Waals surface area contributed by atoms with Crippen LogP contribution in [0.15, 0.2) is 24.3 Å². The van der Waals surface area contributed by atoms with Crippen LogP contribution in [0.5, 0.6) is 0 Å². The van der Waals surface area contributed by atoms with Crippen LogP contribution in [-0.4, -0.2) is 9.55 Å². The number of imidazole rings is 1. The molecule has 3 atom stereocenters. The highest BCUT2D eigenvalue weighted by Gasteiger charge is 2.32. The zero-order chi connectivity index (χ0) is 12.0. The van der Waals surface area contributed by atoms with Crippen LogP contribution in [0.4, 0.5) is 5.95 Å². The molecule has 90 valence electrons. The number of hydrogen-bond acceptors (Lipinski definition) is 2.